The molecule has 2 N–H and O–H groups in total. The Labute approximate surface area is 113 Å². The molecule has 0 spiro atoms. The summed E-state index contributed by atoms with van der Waals surface area (Å²) >= 11 is 0. The van der Waals surface area contributed by atoms with Gasteiger partial charge in [0.25, 0.3) is 0 Å². The highest BCUT2D eigenvalue weighted by Crippen LogP contribution is 2.21. The highest BCUT2D eigenvalue weighted by atomic mass is 32.2. The smallest absolute Gasteiger partial charge is 0.329 e. The lowest BCUT2D eigenvalue weighted by atomic mass is 10.4. The largest absolute Gasteiger partial charge is 0.363 e. The van der Waals surface area contributed by atoms with Crippen molar-refractivity contribution < 1.29 is 9.13 Å². The van der Waals surface area contributed by atoms with E-state index in [0.717, 1.165) is 6.20 Å². The average Bonchev–Trinajstić information content (AvgIpc) is 2.36. The molecule has 0 aromatic carbocycles. The molecule has 1 aromatic rings. The highest BCUT2D eigenvalue weighted by molar-refractivity contribution is 7.84. The summed E-state index contributed by atoms with van der Waals surface area (Å²) in [5, 5.41) is 16.5. The van der Waals surface area contributed by atoms with Gasteiger partial charge in [-0.05, 0) is 13.8 Å². The number of hydrogen-bond acceptors (Lipinski definition) is 7. The number of aromatic nitrogens is 2. The Morgan fingerprint density at radius 1 is 1.53 bits per heavy atom. The fourth-order valence-electron chi connectivity index (χ4n) is 1.24. The monoisotopic (exact) mass is 287 g/mol. The summed E-state index contributed by atoms with van der Waals surface area (Å²) in [6.45, 7) is 4.63. The molecular weight excluding hydrogens is 270 g/mol. The fourth-order valence-corrected chi connectivity index (χ4v) is 1.56. The molecule has 19 heavy (non-hydrogen) atoms. The second-order valence-corrected chi connectivity index (χ2v) is 5.71. The summed E-state index contributed by atoms with van der Waals surface area (Å²) in [5.41, 5.74) is -0.198. The first-order chi connectivity index (χ1) is 8.95. The maximum Gasteiger partial charge on any atom is 0.329 e. The lowest BCUT2D eigenvalue weighted by Gasteiger charge is -2.11. The number of nitro groups is 1. The molecule has 0 bridgehead atoms. The average molecular weight is 287 g/mol. The molecule has 9 heteroatoms. The van der Waals surface area contributed by atoms with Crippen LogP contribution in [-0.2, 0) is 10.8 Å². The molecule has 2 atom stereocenters. The Hall–Kier alpha value is -1.77. The van der Waals surface area contributed by atoms with Gasteiger partial charge in [-0.25, -0.2) is 4.98 Å². The molecule has 106 valence electrons. The molecule has 0 saturated heterocycles. The van der Waals surface area contributed by atoms with Gasteiger partial charge >= 0.3 is 5.69 Å². The van der Waals surface area contributed by atoms with Gasteiger partial charge in [-0.2, -0.15) is 4.98 Å². The van der Waals surface area contributed by atoms with Crippen molar-refractivity contribution in [2.75, 3.05) is 30.0 Å². The van der Waals surface area contributed by atoms with Crippen molar-refractivity contribution in [2.45, 2.75) is 19.1 Å². The van der Waals surface area contributed by atoms with Crippen molar-refractivity contribution in [3.05, 3.63) is 16.3 Å². The lowest BCUT2D eigenvalue weighted by molar-refractivity contribution is -0.384. The van der Waals surface area contributed by atoms with E-state index in [0.29, 0.717) is 19.0 Å². The van der Waals surface area contributed by atoms with Gasteiger partial charge in [-0.15, -0.1) is 0 Å². The Bertz CT molecular complexity index is 482. The first-order valence-electron chi connectivity index (χ1n) is 5.77. The quantitative estimate of drug-likeness (QED) is 0.568. The molecule has 1 rings (SSSR count). The van der Waals surface area contributed by atoms with Gasteiger partial charge in [0.15, 0.2) is 0 Å². The van der Waals surface area contributed by atoms with E-state index in [2.05, 4.69) is 20.6 Å². The lowest BCUT2D eigenvalue weighted by Crippen LogP contribution is -2.22. The molecule has 0 radical (unpaired) electrons. The number of hydrogen-bond donors (Lipinski definition) is 2. The van der Waals surface area contributed by atoms with Crippen LogP contribution < -0.4 is 10.6 Å². The first-order valence-corrected chi connectivity index (χ1v) is 7.39. The van der Waals surface area contributed by atoms with E-state index in [1.54, 1.807) is 13.2 Å². The minimum atomic E-state index is -1.00. The minimum Gasteiger partial charge on any atom is -0.363 e. The van der Waals surface area contributed by atoms with Gasteiger partial charge in [0, 0.05) is 35.4 Å². The minimum absolute atomic E-state index is 0.128. The summed E-state index contributed by atoms with van der Waals surface area (Å²) in [4.78, 5) is 18.2. The Morgan fingerprint density at radius 3 is 2.74 bits per heavy atom. The van der Waals surface area contributed by atoms with Crippen LogP contribution in [0.2, 0.25) is 0 Å². The molecule has 0 aliphatic heterocycles. The van der Waals surface area contributed by atoms with E-state index in [-0.39, 0.29) is 16.8 Å². The van der Waals surface area contributed by atoms with Crippen molar-refractivity contribution in [3.63, 3.8) is 0 Å². The standard InChI is InChI=1S/C10H17N5O3S/c1-4-11-10-13-6-8(15(16)17)9(14-10)12-5-7(2)19(3)18/h6-7H,4-5H2,1-3H3,(H2,11,12,13,14). The van der Waals surface area contributed by atoms with E-state index in [1.807, 2.05) is 6.92 Å². The molecular formula is C10H17N5O3S. The molecule has 8 nitrogen and oxygen atoms in total. The van der Waals surface area contributed by atoms with Crippen molar-refractivity contribution in [2.24, 2.45) is 0 Å². The van der Waals surface area contributed by atoms with Crippen LogP contribution in [0.3, 0.4) is 0 Å². The summed E-state index contributed by atoms with van der Waals surface area (Å²) in [6, 6.07) is 0. The molecule has 1 aromatic heterocycles. The summed E-state index contributed by atoms with van der Waals surface area (Å²) < 4.78 is 11.2. The molecule has 0 saturated carbocycles. The SMILES string of the molecule is CCNc1ncc([N+](=O)[O-])c(NCC(C)S(C)=O)n1. The summed E-state index contributed by atoms with van der Waals surface area (Å²) in [6.07, 6.45) is 2.74. The Morgan fingerprint density at radius 2 is 2.21 bits per heavy atom. The van der Waals surface area contributed by atoms with Crippen LogP contribution in [-0.4, -0.2) is 43.7 Å². The number of nitrogens with one attached hydrogen (secondary N) is 2. The molecule has 0 amide bonds. The number of anilines is 2. The number of nitrogens with zero attached hydrogens (tertiary/aromatic N) is 3. The second-order valence-electron chi connectivity index (χ2n) is 3.91. The molecule has 0 aliphatic carbocycles. The Balaban J connectivity index is 2.91. The predicted octanol–water partition coefficient (Wildman–Crippen LogP) is 0.995. The second kappa shape index (κ2) is 6.98. The third-order valence-electron chi connectivity index (χ3n) is 2.42. The normalized spacial score (nSPS) is 13.6. The zero-order valence-corrected chi connectivity index (χ0v) is 11.9. The fraction of sp³-hybridized carbons (Fsp3) is 0.600. The molecule has 2 unspecified atom stereocenters. The zero-order chi connectivity index (χ0) is 14.4. The first kappa shape index (κ1) is 15.3. The van der Waals surface area contributed by atoms with Crippen molar-refractivity contribution >= 4 is 28.3 Å². The van der Waals surface area contributed by atoms with Gasteiger partial charge in [0.2, 0.25) is 11.8 Å². The molecule has 0 fully saturated rings. The third kappa shape index (κ3) is 4.43. The van der Waals surface area contributed by atoms with E-state index >= 15 is 0 Å². The van der Waals surface area contributed by atoms with Gasteiger partial charge in [-0.3, -0.25) is 14.3 Å². The molecule has 0 aliphatic rings. The summed E-state index contributed by atoms with van der Waals surface area (Å²) in [5.74, 6) is 0.453. The predicted molar refractivity (Wildman–Crippen MR) is 74.9 cm³/mol. The molecule has 1 heterocycles. The Kier molecular flexibility index (Phi) is 5.61. The van der Waals surface area contributed by atoms with Crippen LogP contribution >= 0.6 is 0 Å². The van der Waals surface area contributed by atoms with E-state index in [4.69, 9.17) is 0 Å². The zero-order valence-electron chi connectivity index (χ0n) is 11.0. The van der Waals surface area contributed by atoms with Crippen LogP contribution in [0.1, 0.15) is 13.8 Å². The van der Waals surface area contributed by atoms with E-state index in [1.165, 1.54) is 0 Å². The van der Waals surface area contributed by atoms with Crippen LogP contribution in [0.15, 0.2) is 6.20 Å². The third-order valence-corrected chi connectivity index (χ3v) is 3.72. The van der Waals surface area contributed by atoms with E-state index in [9.17, 15) is 14.3 Å². The highest BCUT2D eigenvalue weighted by Gasteiger charge is 2.18. The van der Waals surface area contributed by atoms with Gasteiger partial charge in [-0.1, -0.05) is 0 Å². The maximum absolute atomic E-state index is 11.2. The van der Waals surface area contributed by atoms with Crippen LogP contribution in [0.25, 0.3) is 0 Å². The van der Waals surface area contributed by atoms with E-state index < -0.39 is 15.7 Å². The van der Waals surface area contributed by atoms with Crippen molar-refractivity contribution in [1.82, 2.24) is 9.97 Å². The maximum atomic E-state index is 11.2. The topological polar surface area (TPSA) is 110 Å². The van der Waals surface area contributed by atoms with Crippen LogP contribution in [0.5, 0.6) is 0 Å². The van der Waals surface area contributed by atoms with Crippen molar-refractivity contribution in [3.8, 4) is 0 Å². The van der Waals surface area contributed by atoms with Gasteiger partial charge in [0.1, 0.15) is 6.20 Å². The van der Waals surface area contributed by atoms with Crippen molar-refractivity contribution in [1.29, 1.82) is 0 Å². The van der Waals surface area contributed by atoms with Gasteiger partial charge < -0.3 is 10.6 Å². The van der Waals surface area contributed by atoms with Gasteiger partial charge in [0.05, 0.1) is 4.92 Å². The number of rotatable bonds is 7. The summed E-state index contributed by atoms with van der Waals surface area (Å²) in [7, 11) is -1.00. The van der Waals surface area contributed by atoms with Crippen LogP contribution in [0.4, 0.5) is 17.5 Å². The van der Waals surface area contributed by atoms with Crippen LogP contribution in [0, 0.1) is 10.1 Å².